The van der Waals surface area contributed by atoms with Crippen LogP contribution >= 0.6 is 0 Å². The van der Waals surface area contributed by atoms with Gasteiger partial charge in [-0.05, 0) is 62.5 Å². The van der Waals surface area contributed by atoms with E-state index in [1.54, 1.807) is 12.1 Å². The molecule has 2 aromatic rings. The van der Waals surface area contributed by atoms with Crippen molar-refractivity contribution < 1.29 is 9.18 Å². The molecule has 1 aromatic heterocycles. The Morgan fingerprint density at radius 1 is 1.39 bits per heavy atom. The number of carbonyl (C=O) groups excluding carboxylic acids is 1. The van der Waals surface area contributed by atoms with Gasteiger partial charge < -0.3 is 10.6 Å². The highest BCUT2D eigenvalue weighted by Gasteiger charge is 2.15. The van der Waals surface area contributed by atoms with E-state index in [0.717, 1.165) is 19.5 Å². The van der Waals surface area contributed by atoms with Crippen LogP contribution in [0, 0.1) is 11.7 Å². The number of halogens is 1. The maximum Gasteiger partial charge on any atom is 0.273 e. The second-order valence-corrected chi connectivity index (χ2v) is 5.75. The highest BCUT2D eigenvalue weighted by Crippen LogP contribution is 2.13. The lowest BCUT2D eigenvalue weighted by Crippen LogP contribution is -2.33. The Balaban J connectivity index is 1.52. The lowest BCUT2D eigenvalue weighted by Gasteiger charge is -2.22. The molecule has 1 aliphatic heterocycles. The average molecular weight is 317 g/mol. The zero-order chi connectivity index (χ0) is 16.1. The van der Waals surface area contributed by atoms with Gasteiger partial charge in [-0.15, -0.1) is 5.10 Å². The molecule has 0 spiro atoms. The van der Waals surface area contributed by atoms with E-state index in [1.165, 1.54) is 36.0 Å². The fraction of sp³-hybridized carbons (Fsp3) is 0.438. The summed E-state index contributed by atoms with van der Waals surface area (Å²) in [5.41, 5.74) is 0.870. The van der Waals surface area contributed by atoms with E-state index < -0.39 is 0 Å². The van der Waals surface area contributed by atoms with Crippen molar-refractivity contribution in [2.75, 3.05) is 19.6 Å². The van der Waals surface area contributed by atoms with E-state index in [9.17, 15) is 9.18 Å². The van der Waals surface area contributed by atoms with E-state index in [4.69, 9.17) is 0 Å². The Kier molecular flexibility index (Phi) is 4.97. The van der Waals surface area contributed by atoms with Crippen molar-refractivity contribution in [3.05, 3.63) is 42.0 Å². The van der Waals surface area contributed by atoms with Gasteiger partial charge in [-0.2, -0.15) is 9.90 Å². The van der Waals surface area contributed by atoms with E-state index in [-0.39, 0.29) is 17.4 Å². The summed E-state index contributed by atoms with van der Waals surface area (Å²) in [5, 5.41) is 14.4. The molecule has 1 aromatic carbocycles. The maximum absolute atomic E-state index is 12.9. The fourth-order valence-corrected chi connectivity index (χ4v) is 2.72. The van der Waals surface area contributed by atoms with Gasteiger partial charge in [-0.1, -0.05) is 0 Å². The molecule has 0 radical (unpaired) electrons. The predicted molar refractivity (Wildman–Crippen MR) is 83.9 cm³/mol. The minimum absolute atomic E-state index is 0.234. The van der Waals surface area contributed by atoms with Crippen LogP contribution < -0.4 is 10.6 Å². The molecule has 2 N–H and O–H groups in total. The van der Waals surface area contributed by atoms with E-state index in [2.05, 4.69) is 20.8 Å². The van der Waals surface area contributed by atoms with Gasteiger partial charge in [0, 0.05) is 6.54 Å². The smallest absolute Gasteiger partial charge is 0.273 e. The summed E-state index contributed by atoms with van der Waals surface area (Å²) in [4.78, 5) is 13.4. The molecule has 1 atom stereocenters. The Labute approximate surface area is 134 Å². The van der Waals surface area contributed by atoms with Crippen LogP contribution in [0.3, 0.4) is 0 Å². The number of carbonyl (C=O) groups is 1. The number of amides is 1. The van der Waals surface area contributed by atoms with Crippen LogP contribution in [-0.4, -0.2) is 40.5 Å². The van der Waals surface area contributed by atoms with Crippen molar-refractivity contribution in [2.24, 2.45) is 5.92 Å². The monoisotopic (exact) mass is 317 g/mol. The predicted octanol–water partition coefficient (Wildman–Crippen LogP) is 1.53. The van der Waals surface area contributed by atoms with Crippen LogP contribution in [0.5, 0.6) is 0 Å². The number of aromatic nitrogens is 3. The first-order valence-electron chi connectivity index (χ1n) is 7.89. The molecular weight excluding hydrogens is 297 g/mol. The molecule has 0 bridgehead atoms. The molecule has 0 aliphatic carbocycles. The zero-order valence-electron chi connectivity index (χ0n) is 12.8. The van der Waals surface area contributed by atoms with Gasteiger partial charge in [0.05, 0.1) is 11.9 Å². The Morgan fingerprint density at radius 3 is 2.96 bits per heavy atom. The summed E-state index contributed by atoms with van der Waals surface area (Å²) in [7, 11) is 0. The largest absolute Gasteiger partial charge is 0.351 e. The van der Waals surface area contributed by atoms with Crippen molar-refractivity contribution in [3.8, 4) is 5.69 Å². The molecule has 1 amide bonds. The van der Waals surface area contributed by atoms with Crippen LogP contribution in [0.4, 0.5) is 4.39 Å². The molecule has 122 valence electrons. The third-order valence-electron chi connectivity index (χ3n) is 4.02. The standard InChI is InChI=1S/C16H20FN5O/c17-13-3-5-14(6-4-13)22-20-11-15(21-22)16(23)19-9-7-12-2-1-8-18-10-12/h3-6,11-12,18H,1-2,7-10H2,(H,19,23). The summed E-state index contributed by atoms with van der Waals surface area (Å²) >= 11 is 0. The van der Waals surface area contributed by atoms with Gasteiger partial charge in [0.25, 0.3) is 5.91 Å². The number of benzene rings is 1. The first kappa shape index (κ1) is 15.6. The summed E-state index contributed by atoms with van der Waals surface area (Å²) < 4.78 is 12.9. The summed E-state index contributed by atoms with van der Waals surface area (Å²) in [6.07, 6.45) is 4.79. The lowest BCUT2D eigenvalue weighted by atomic mass is 9.96. The molecule has 2 heterocycles. The van der Waals surface area contributed by atoms with Crippen molar-refractivity contribution in [1.29, 1.82) is 0 Å². The third-order valence-corrected chi connectivity index (χ3v) is 4.02. The summed E-state index contributed by atoms with van der Waals surface area (Å²) in [6, 6.07) is 5.79. The van der Waals surface area contributed by atoms with E-state index >= 15 is 0 Å². The number of hydrogen-bond donors (Lipinski definition) is 2. The van der Waals surface area contributed by atoms with Crippen LogP contribution in [-0.2, 0) is 0 Å². The van der Waals surface area contributed by atoms with Crippen molar-refractivity contribution >= 4 is 5.91 Å². The number of nitrogens with zero attached hydrogens (tertiary/aromatic N) is 3. The minimum Gasteiger partial charge on any atom is -0.351 e. The molecule has 23 heavy (non-hydrogen) atoms. The minimum atomic E-state index is -0.323. The summed E-state index contributed by atoms with van der Waals surface area (Å²) in [6.45, 7) is 2.75. The second kappa shape index (κ2) is 7.32. The number of piperidine rings is 1. The third kappa shape index (κ3) is 4.13. The molecule has 0 saturated carbocycles. The Hall–Kier alpha value is -2.28. The Morgan fingerprint density at radius 2 is 2.22 bits per heavy atom. The molecule has 1 aliphatic rings. The van der Waals surface area contributed by atoms with Crippen LogP contribution in [0.15, 0.2) is 30.5 Å². The van der Waals surface area contributed by atoms with Crippen LogP contribution in [0.1, 0.15) is 29.8 Å². The van der Waals surface area contributed by atoms with E-state index in [1.807, 2.05) is 0 Å². The van der Waals surface area contributed by atoms with Gasteiger partial charge in [-0.25, -0.2) is 4.39 Å². The van der Waals surface area contributed by atoms with Gasteiger partial charge >= 0.3 is 0 Å². The average Bonchev–Trinajstić information content (AvgIpc) is 3.06. The van der Waals surface area contributed by atoms with Crippen molar-refractivity contribution in [2.45, 2.75) is 19.3 Å². The maximum atomic E-state index is 12.9. The number of hydrogen-bond acceptors (Lipinski definition) is 4. The van der Waals surface area contributed by atoms with Gasteiger partial charge in [0.15, 0.2) is 5.69 Å². The molecular formula is C16H20FN5O. The first-order chi connectivity index (χ1) is 11.2. The van der Waals surface area contributed by atoms with Crippen molar-refractivity contribution in [3.63, 3.8) is 0 Å². The van der Waals surface area contributed by atoms with Crippen molar-refractivity contribution in [1.82, 2.24) is 25.6 Å². The first-order valence-corrected chi connectivity index (χ1v) is 7.89. The van der Waals surface area contributed by atoms with E-state index in [0.29, 0.717) is 18.2 Å². The molecule has 3 rings (SSSR count). The molecule has 1 unspecified atom stereocenters. The van der Waals surface area contributed by atoms with Gasteiger partial charge in [0.2, 0.25) is 0 Å². The van der Waals surface area contributed by atoms with Crippen LogP contribution in [0.25, 0.3) is 5.69 Å². The quantitative estimate of drug-likeness (QED) is 0.877. The zero-order valence-corrected chi connectivity index (χ0v) is 12.8. The highest BCUT2D eigenvalue weighted by molar-refractivity contribution is 5.91. The van der Waals surface area contributed by atoms with Crippen LogP contribution in [0.2, 0.25) is 0 Å². The topological polar surface area (TPSA) is 71.8 Å². The lowest BCUT2D eigenvalue weighted by molar-refractivity contribution is 0.0945. The SMILES string of the molecule is O=C(NCCC1CCCNC1)c1cnn(-c2ccc(F)cc2)n1. The second-order valence-electron chi connectivity index (χ2n) is 5.75. The molecule has 7 heteroatoms. The number of rotatable bonds is 5. The molecule has 1 fully saturated rings. The summed E-state index contributed by atoms with van der Waals surface area (Å²) in [5.74, 6) is 0.0668. The number of nitrogens with one attached hydrogen (secondary N) is 2. The van der Waals surface area contributed by atoms with Gasteiger partial charge in [0.1, 0.15) is 5.82 Å². The molecule has 6 nitrogen and oxygen atoms in total. The Bertz CT molecular complexity index is 649. The normalized spacial score (nSPS) is 17.9. The fourth-order valence-electron chi connectivity index (χ4n) is 2.72. The molecule has 1 saturated heterocycles. The van der Waals surface area contributed by atoms with Gasteiger partial charge in [-0.3, -0.25) is 4.79 Å². The highest BCUT2D eigenvalue weighted by atomic mass is 19.1.